The fraction of sp³-hybridized carbons (Fsp3) is 0.100. The molecular weight excluding hydrogens is 266 g/mol. The Morgan fingerprint density at radius 3 is 2.71 bits per heavy atom. The van der Waals surface area contributed by atoms with Gasteiger partial charge in [0.05, 0.1) is 11.8 Å². The first-order valence-electron chi connectivity index (χ1n) is 4.56. The third-order valence-corrected chi connectivity index (χ3v) is 2.90. The first-order valence-corrected chi connectivity index (χ1v) is 6.82. The molecule has 2 aromatic rings. The van der Waals surface area contributed by atoms with Crippen LogP contribution < -0.4 is 4.72 Å². The summed E-state index contributed by atoms with van der Waals surface area (Å²) in [6, 6.07) is 4.59. The lowest BCUT2D eigenvalue weighted by Crippen LogP contribution is -2.09. The fourth-order valence-electron chi connectivity index (χ4n) is 1.46. The largest absolute Gasteiger partial charge is 0.464 e. The van der Waals surface area contributed by atoms with E-state index in [0.29, 0.717) is 16.7 Å². The van der Waals surface area contributed by atoms with Crippen LogP contribution in [0.4, 0.5) is 5.69 Å². The SMILES string of the molecule is CS(=O)(=O)Nc1ccc2occ(C(=O)Cl)c2c1. The van der Waals surface area contributed by atoms with Crippen molar-refractivity contribution in [1.29, 1.82) is 0 Å². The molecule has 0 atom stereocenters. The highest BCUT2D eigenvalue weighted by molar-refractivity contribution is 7.92. The van der Waals surface area contributed by atoms with Crippen molar-refractivity contribution < 1.29 is 17.6 Å². The number of anilines is 1. The summed E-state index contributed by atoms with van der Waals surface area (Å²) in [6.07, 6.45) is 2.28. The first-order chi connectivity index (χ1) is 7.87. The summed E-state index contributed by atoms with van der Waals surface area (Å²) in [5.41, 5.74) is 1.02. The zero-order valence-electron chi connectivity index (χ0n) is 8.73. The first kappa shape index (κ1) is 11.9. The molecule has 0 aliphatic carbocycles. The summed E-state index contributed by atoms with van der Waals surface area (Å²) in [5, 5.41) is -0.182. The van der Waals surface area contributed by atoms with E-state index in [4.69, 9.17) is 16.0 Å². The molecule has 0 saturated carbocycles. The van der Waals surface area contributed by atoms with Crippen LogP contribution in [0.5, 0.6) is 0 Å². The van der Waals surface area contributed by atoms with Crippen molar-refractivity contribution in [2.75, 3.05) is 11.0 Å². The van der Waals surface area contributed by atoms with Crippen LogP contribution in [0.3, 0.4) is 0 Å². The standard InChI is InChI=1S/C10H8ClNO4S/c1-17(14,15)12-6-2-3-9-7(4-6)8(5-16-9)10(11)13/h2-5,12H,1H3. The number of halogens is 1. The Balaban J connectivity index is 2.55. The zero-order valence-corrected chi connectivity index (χ0v) is 10.3. The molecular formula is C10H8ClNO4S. The maximum atomic E-state index is 11.1. The highest BCUT2D eigenvalue weighted by Crippen LogP contribution is 2.26. The smallest absolute Gasteiger partial charge is 0.256 e. The van der Waals surface area contributed by atoms with Crippen LogP contribution in [-0.4, -0.2) is 19.9 Å². The number of benzene rings is 1. The fourth-order valence-corrected chi connectivity index (χ4v) is 2.16. The number of carbonyl (C=O) groups excluding carboxylic acids is 1. The van der Waals surface area contributed by atoms with Gasteiger partial charge in [0.2, 0.25) is 10.0 Å². The van der Waals surface area contributed by atoms with E-state index in [1.54, 1.807) is 6.07 Å². The summed E-state index contributed by atoms with van der Waals surface area (Å²) >= 11 is 5.37. The molecule has 0 radical (unpaired) electrons. The van der Waals surface area contributed by atoms with Gasteiger partial charge in [0.15, 0.2) is 0 Å². The Morgan fingerprint density at radius 1 is 1.41 bits per heavy atom. The molecule has 17 heavy (non-hydrogen) atoms. The second-order valence-corrected chi connectivity index (χ2v) is 5.60. The summed E-state index contributed by atoms with van der Waals surface area (Å²) < 4.78 is 29.6. The normalized spacial score (nSPS) is 11.6. The average Bonchev–Trinajstić information content (AvgIpc) is 2.57. The molecule has 0 aliphatic rings. The van der Waals surface area contributed by atoms with Crippen molar-refractivity contribution in [1.82, 2.24) is 0 Å². The summed E-state index contributed by atoms with van der Waals surface area (Å²) in [6.45, 7) is 0. The van der Waals surface area contributed by atoms with E-state index in [2.05, 4.69) is 4.72 Å². The van der Waals surface area contributed by atoms with Gasteiger partial charge in [-0.2, -0.15) is 0 Å². The van der Waals surface area contributed by atoms with Gasteiger partial charge in [0.25, 0.3) is 5.24 Å². The molecule has 1 N–H and O–H groups in total. The minimum atomic E-state index is -3.36. The molecule has 90 valence electrons. The molecule has 0 saturated heterocycles. The molecule has 0 spiro atoms. The van der Waals surface area contributed by atoms with Crippen LogP contribution in [0.25, 0.3) is 11.0 Å². The van der Waals surface area contributed by atoms with Gasteiger partial charge in [-0.15, -0.1) is 0 Å². The second-order valence-electron chi connectivity index (χ2n) is 3.51. The number of sulfonamides is 1. The van der Waals surface area contributed by atoms with Crippen molar-refractivity contribution in [2.45, 2.75) is 0 Å². The lowest BCUT2D eigenvalue weighted by molar-refractivity contribution is 0.108. The number of fused-ring (bicyclic) bond motifs is 1. The maximum Gasteiger partial charge on any atom is 0.256 e. The number of hydrogen-bond acceptors (Lipinski definition) is 4. The molecule has 0 aliphatic heterocycles. The topological polar surface area (TPSA) is 76.4 Å². The van der Waals surface area contributed by atoms with Crippen molar-refractivity contribution >= 4 is 43.5 Å². The van der Waals surface area contributed by atoms with E-state index in [1.807, 2.05) is 0 Å². The van der Waals surface area contributed by atoms with Gasteiger partial charge < -0.3 is 4.42 Å². The van der Waals surface area contributed by atoms with Crippen LogP contribution in [0.2, 0.25) is 0 Å². The number of nitrogens with one attached hydrogen (secondary N) is 1. The van der Waals surface area contributed by atoms with E-state index in [0.717, 1.165) is 6.26 Å². The minimum absolute atomic E-state index is 0.207. The highest BCUT2D eigenvalue weighted by atomic mass is 35.5. The second kappa shape index (κ2) is 4.05. The number of carbonyl (C=O) groups is 1. The monoisotopic (exact) mass is 273 g/mol. The van der Waals surface area contributed by atoms with Gasteiger partial charge in [0.1, 0.15) is 11.8 Å². The molecule has 2 rings (SSSR count). The van der Waals surface area contributed by atoms with E-state index >= 15 is 0 Å². The Morgan fingerprint density at radius 2 is 2.12 bits per heavy atom. The lowest BCUT2D eigenvalue weighted by Gasteiger charge is -2.03. The third-order valence-electron chi connectivity index (χ3n) is 2.09. The molecule has 1 aromatic carbocycles. The van der Waals surface area contributed by atoms with E-state index in [9.17, 15) is 13.2 Å². The zero-order chi connectivity index (χ0) is 12.6. The number of rotatable bonds is 3. The Bertz CT molecular complexity index is 689. The number of furan rings is 1. The lowest BCUT2D eigenvalue weighted by atomic mass is 10.2. The van der Waals surface area contributed by atoms with Gasteiger partial charge in [-0.1, -0.05) is 0 Å². The van der Waals surface area contributed by atoms with Crippen molar-refractivity contribution in [3.63, 3.8) is 0 Å². The molecule has 7 heteroatoms. The van der Waals surface area contributed by atoms with Crippen LogP contribution in [0.1, 0.15) is 10.4 Å². The Hall–Kier alpha value is -1.53. The van der Waals surface area contributed by atoms with Gasteiger partial charge in [-0.25, -0.2) is 8.42 Å². The van der Waals surface area contributed by atoms with Crippen molar-refractivity contribution in [3.05, 3.63) is 30.0 Å². The van der Waals surface area contributed by atoms with E-state index in [1.165, 1.54) is 18.4 Å². The Labute approximate surface area is 102 Å². The predicted molar refractivity (Wildman–Crippen MR) is 64.9 cm³/mol. The van der Waals surface area contributed by atoms with Gasteiger partial charge in [0, 0.05) is 11.1 Å². The average molecular weight is 274 g/mol. The minimum Gasteiger partial charge on any atom is -0.464 e. The van der Waals surface area contributed by atoms with Crippen molar-refractivity contribution in [2.24, 2.45) is 0 Å². The molecule has 1 aromatic heterocycles. The van der Waals surface area contributed by atoms with Gasteiger partial charge >= 0.3 is 0 Å². The molecule has 0 bridgehead atoms. The molecule has 5 nitrogen and oxygen atoms in total. The predicted octanol–water partition coefficient (Wildman–Crippen LogP) is 2.18. The maximum absolute atomic E-state index is 11.1. The van der Waals surface area contributed by atoms with Gasteiger partial charge in [-0.05, 0) is 29.8 Å². The summed E-state index contributed by atoms with van der Waals surface area (Å²) in [4.78, 5) is 11.1. The van der Waals surface area contributed by atoms with Crippen LogP contribution >= 0.6 is 11.6 Å². The van der Waals surface area contributed by atoms with Gasteiger partial charge in [-0.3, -0.25) is 9.52 Å². The quantitative estimate of drug-likeness (QED) is 0.870. The Kier molecular flexibility index (Phi) is 2.84. The van der Waals surface area contributed by atoms with Crippen LogP contribution in [0.15, 0.2) is 28.9 Å². The molecule has 0 unspecified atom stereocenters. The van der Waals surface area contributed by atoms with E-state index in [-0.39, 0.29) is 5.56 Å². The molecule has 0 fully saturated rings. The highest BCUT2D eigenvalue weighted by Gasteiger charge is 2.12. The summed E-state index contributed by atoms with van der Waals surface area (Å²) in [5.74, 6) is 0. The third kappa shape index (κ3) is 2.59. The number of hydrogen-bond donors (Lipinski definition) is 1. The van der Waals surface area contributed by atoms with Crippen molar-refractivity contribution in [3.8, 4) is 0 Å². The summed E-state index contributed by atoms with van der Waals surface area (Å²) in [7, 11) is -3.36. The molecule has 1 heterocycles. The van der Waals surface area contributed by atoms with Crippen LogP contribution in [0, 0.1) is 0 Å². The van der Waals surface area contributed by atoms with Crippen LogP contribution in [-0.2, 0) is 10.0 Å². The van der Waals surface area contributed by atoms with E-state index < -0.39 is 15.3 Å². The molecule has 0 amide bonds.